The van der Waals surface area contributed by atoms with Gasteiger partial charge in [0.15, 0.2) is 0 Å². The minimum atomic E-state index is -0.810. The van der Waals surface area contributed by atoms with E-state index >= 15 is 0 Å². The van der Waals surface area contributed by atoms with Gasteiger partial charge in [-0.05, 0) is 46.5 Å². The summed E-state index contributed by atoms with van der Waals surface area (Å²) in [4.78, 5) is 52.2. The summed E-state index contributed by atoms with van der Waals surface area (Å²) in [5, 5.41) is 14.0. The van der Waals surface area contributed by atoms with E-state index in [1.165, 1.54) is 28.8 Å². The molecule has 0 saturated carbocycles. The SMILES string of the molecule is COc1ccc(COC(=O)C2=C(C=Cc3ccc(CCl)cc3[N+](=O)[O-])CS[C@H]3C(NC(=O)Cc4ccccc4)C(=O)N23)cc1. The van der Waals surface area contributed by atoms with E-state index in [4.69, 9.17) is 21.1 Å². The number of halogens is 1. The van der Waals surface area contributed by atoms with Crippen LogP contribution in [0.3, 0.4) is 0 Å². The summed E-state index contributed by atoms with van der Waals surface area (Å²) >= 11 is 7.24. The number of rotatable bonds is 11. The van der Waals surface area contributed by atoms with Crippen molar-refractivity contribution in [1.29, 1.82) is 0 Å². The number of alkyl halides is 1. The van der Waals surface area contributed by atoms with E-state index in [1.54, 1.807) is 49.6 Å². The average molecular weight is 634 g/mol. The van der Waals surface area contributed by atoms with Gasteiger partial charge in [-0.25, -0.2) is 4.79 Å². The van der Waals surface area contributed by atoms with Crippen LogP contribution in [0, 0.1) is 10.1 Å². The third-order valence-electron chi connectivity index (χ3n) is 7.15. The Morgan fingerprint density at radius 1 is 1.07 bits per heavy atom. The lowest BCUT2D eigenvalue weighted by Gasteiger charge is -2.49. The number of β-lactam (4-membered cyclic amide) rings is 1. The molecule has 1 N–H and O–H groups in total. The van der Waals surface area contributed by atoms with Crippen LogP contribution in [0.25, 0.3) is 6.08 Å². The normalized spacial score (nSPS) is 17.6. The highest BCUT2D eigenvalue weighted by Crippen LogP contribution is 2.41. The smallest absolute Gasteiger partial charge is 0.355 e. The van der Waals surface area contributed by atoms with Crippen molar-refractivity contribution in [3.05, 3.63) is 123 Å². The number of fused-ring (bicyclic) bond motifs is 1. The molecule has 2 amide bonds. The Morgan fingerprint density at radius 2 is 1.80 bits per heavy atom. The molecule has 0 aliphatic carbocycles. The van der Waals surface area contributed by atoms with E-state index in [9.17, 15) is 24.5 Å². The molecule has 2 aliphatic heterocycles. The number of benzene rings is 3. The monoisotopic (exact) mass is 633 g/mol. The fourth-order valence-electron chi connectivity index (χ4n) is 4.87. The van der Waals surface area contributed by atoms with E-state index in [1.807, 2.05) is 30.3 Å². The van der Waals surface area contributed by atoms with Gasteiger partial charge in [0.2, 0.25) is 5.91 Å². The second-order valence-corrected chi connectivity index (χ2v) is 11.4. The predicted octanol–water partition coefficient (Wildman–Crippen LogP) is 5.00. The van der Waals surface area contributed by atoms with Crippen LogP contribution in [0.2, 0.25) is 0 Å². The van der Waals surface area contributed by atoms with Crippen molar-refractivity contribution in [3.8, 4) is 5.75 Å². The Labute approximate surface area is 262 Å². The van der Waals surface area contributed by atoms with Gasteiger partial charge in [-0.1, -0.05) is 54.6 Å². The van der Waals surface area contributed by atoms with Gasteiger partial charge in [0.1, 0.15) is 29.5 Å². The summed E-state index contributed by atoms with van der Waals surface area (Å²) in [5.74, 6) is -0.388. The Bertz CT molecular complexity index is 1640. The van der Waals surface area contributed by atoms with Crippen LogP contribution in [0.5, 0.6) is 5.75 Å². The van der Waals surface area contributed by atoms with Gasteiger partial charge in [0, 0.05) is 17.7 Å². The number of nitrogens with one attached hydrogen (secondary N) is 1. The molecule has 10 nitrogen and oxygen atoms in total. The first-order valence-corrected chi connectivity index (χ1v) is 15.2. The van der Waals surface area contributed by atoms with E-state index in [0.29, 0.717) is 28.2 Å². The molecule has 12 heteroatoms. The van der Waals surface area contributed by atoms with E-state index < -0.39 is 28.2 Å². The minimum absolute atomic E-state index is 0.0390. The molecular weight excluding hydrogens is 606 g/mol. The van der Waals surface area contributed by atoms with Gasteiger partial charge in [-0.15, -0.1) is 23.4 Å². The molecule has 44 heavy (non-hydrogen) atoms. The summed E-state index contributed by atoms with van der Waals surface area (Å²) in [5.41, 5.74) is 2.81. The zero-order valence-corrected chi connectivity index (χ0v) is 25.2. The van der Waals surface area contributed by atoms with Crippen molar-refractivity contribution in [3.63, 3.8) is 0 Å². The van der Waals surface area contributed by atoms with Gasteiger partial charge in [0.05, 0.1) is 24.0 Å². The largest absolute Gasteiger partial charge is 0.497 e. The number of methoxy groups -OCH3 is 1. The number of hydrogen-bond donors (Lipinski definition) is 1. The van der Waals surface area contributed by atoms with Gasteiger partial charge in [-0.2, -0.15) is 0 Å². The summed E-state index contributed by atoms with van der Waals surface area (Å²) in [6.07, 6.45) is 3.24. The Hall–Kier alpha value is -4.61. The zero-order chi connectivity index (χ0) is 31.2. The molecule has 2 aliphatic rings. The lowest BCUT2D eigenvalue weighted by Crippen LogP contribution is -2.70. The van der Waals surface area contributed by atoms with Crippen LogP contribution in [-0.4, -0.2) is 51.9 Å². The molecular formula is C32H28ClN3O7S. The second-order valence-electron chi connectivity index (χ2n) is 10.0. The highest BCUT2D eigenvalue weighted by atomic mass is 35.5. The molecule has 0 spiro atoms. The Kier molecular flexibility index (Phi) is 9.66. The first-order chi connectivity index (χ1) is 21.3. The second kappa shape index (κ2) is 13.8. The number of allylic oxidation sites excluding steroid dienone is 1. The number of nitro benzene ring substituents is 1. The minimum Gasteiger partial charge on any atom is -0.497 e. The number of hydrogen-bond acceptors (Lipinski definition) is 8. The van der Waals surface area contributed by atoms with Crippen LogP contribution in [0.15, 0.2) is 90.1 Å². The highest BCUT2D eigenvalue weighted by molar-refractivity contribution is 8.00. The van der Waals surface area contributed by atoms with Crippen molar-refractivity contribution in [1.82, 2.24) is 10.2 Å². The van der Waals surface area contributed by atoms with Crippen molar-refractivity contribution >= 4 is 52.9 Å². The molecule has 1 unspecified atom stereocenters. The molecule has 3 aromatic carbocycles. The molecule has 0 radical (unpaired) electrons. The topological polar surface area (TPSA) is 128 Å². The van der Waals surface area contributed by atoms with Gasteiger partial charge in [0.25, 0.3) is 11.6 Å². The van der Waals surface area contributed by atoms with Crippen LogP contribution in [-0.2, 0) is 38.0 Å². The van der Waals surface area contributed by atoms with E-state index in [-0.39, 0.29) is 36.2 Å². The van der Waals surface area contributed by atoms with Crippen LogP contribution in [0.1, 0.15) is 22.3 Å². The summed E-state index contributed by atoms with van der Waals surface area (Å²) in [6, 6.07) is 20.1. The van der Waals surface area contributed by atoms with Crippen molar-refractivity contribution < 1.29 is 28.8 Å². The number of thioether (sulfide) groups is 1. The fourth-order valence-corrected chi connectivity index (χ4v) is 6.35. The highest BCUT2D eigenvalue weighted by Gasteiger charge is 2.54. The Balaban J connectivity index is 1.40. The average Bonchev–Trinajstić information content (AvgIpc) is 3.05. The Morgan fingerprint density at radius 3 is 2.48 bits per heavy atom. The predicted molar refractivity (Wildman–Crippen MR) is 167 cm³/mol. The van der Waals surface area contributed by atoms with E-state index in [0.717, 1.165) is 11.1 Å². The maximum absolute atomic E-state index is 13.5. The summed E-state index contributed by atoms with van der Waals surface area (Å²) in [7, 11) is 1.55. The quantitative estimate of drug-likeness (QED) is 0.103. The number of amides is 2. The number of nitrogens with zero attached hydrogens (tertiary/aromatic N) is 2. The molecule has 2 heterocycles. The first-order valence-electron chi connectivity index (χ1n) is 13.6. The number of ether oxygens (including phenoxy) is 2. The zero-order valence-electron chi connectivity index (χ0n) is 23.6. The number of carbonyl (C=O) groups is 3. The van der Waals surface area contributed by atoms with Crippen LogP contribution >= 0.6 is 23.4 Å². The molecule has 0 aromatic heterocycles. The van der Waals surface area contributed by atoms with Crippen molar-refractivity contribution in [2.45, 2.75) is 30.3 Å². The van der Waals surface area contributed by atoms with Crippen LogP contribution < -0.4 is 10.1 Å². The van der Waals surface area contributed by atoms with E-state index in [2.05, 4.69) is 5.32 Å². The molecule has 2 atom stereocenters. The van der Waals surface area contributed by atoms with Crippen molar-refractivity contribution in [2.75, 3.05) is 12.9 Å². The lowest BCUT2D eigenvalue weighted by molar-refractivity contribution is -0.385. The third-order valence-corrected chi connectivity index (χ3v) is 8.76. The maximum atomic E-state index is 13.5. The standard InChI is InChI=1S/C32H28ClN3O7S/c1-42-25-13-8-21(9-14-25)18-43-32(39)29-24(12-11-23-10-7-22(17-33)15-26(23)36(40)41)19-44-31-28(30(38)35(29)31)34-27(37)16-20-5-3-2-4-6-20/h2-15,28,31H,16-19H2,1H3,(H,34,37)/t28?,31-/m0/s1. The van der Waals surface area contributed by atoms with Gasteiger partial charge >= 0.3 is 5.97 Å². The maximum Gasteiger partial charge on any atom is 0.355 e. The molecule has 0 bridgehead atoms. The summed E-state index contributed by atoms with van der Waals surface area (Å²) in [6.45, 7) is -0.0498. The van der Waals surface area contributed by atoms with Crippen LogP contribution in [0.4, 0.5) is 5.69 Å². The third kappa shape index (κ3) is 6.79. The lowest BCUT2D eigenvalue weighted by atomic mass is 10.0. The molecule has 5 rings (SSSR count). The van der Waals surface area contributed by atoms with Gasteiger partial charge in [-0.3, -0.25) is 24.6 Å². The first kappa shape index (κ1) is 30.8. The number of esters is 1. The molecule has 1 fully saturated rings. The van der Waals surface area contributed by atoms with Gasteiger partial charge < -0.3 is 14.8 Å². The number of nitro groups is 1. The molecule has 226 valence electrons. The molecule has 3 aromatic rings. The molecule has 1 saturated heterocycles. The summed E-state index contributed by atoms with van der Waals surface area (Å²) < 4.78 is 10.8. The number of carbonyl (C=O) groups excluding carboxylic acids is 3. The van der Waals surface area contributed by atoms with Crippen molar-refractivity contribution in [2.24, 2.45) is 0 Å². The fraction of sp³-hybridized carbons (Fsp3) is 0.219.